The third-order valence-corrected chi connectivity index (χ3v) is 6.57. The molecule has 192 valence electrons. The van der Waals surface area contributed by atoms with Crippen LogP contribution in [0.4, 0.5) is 14.7 Å². The molecule has 1 N–H and O–H groups in total. The summed E-state index contributed by atoms with van der Waals surface area (Å²) in [7, 11) is 1.40. The van der Waals surface area contributed by atoms with Crippen molar-refractivity contribution in [2.45, 2.75) is 31.5 Å². The molecule has 3 heterocycles. The Morgan fingerprint density at radius 3 is 2.97 bits per heavy atom. The topological polar surface area (TPSA) is 104 Å². The zero-order chi connectivity index (χ0) is 25.8. The van der Waals surface area contributed by atoms with Crippen LogP contribution >= 0.6 is 0 Å². The highest BCUT2D eigenvalue weighted by molar-refractivity contribution is 5.90. The van der Waals surface area contributed by atoms with E-state index in [9.17, 15) is 13.6 Å². The van der Waals surface area contributed by atoms with E-state index in [1.54, 1.807) is 24.3 Å². The first-order valence-corrected chi connectivity index (χ1v) is 11.9. The van der Waals surface area contributed by atoms with Crippen LogP contribution in [0.25, 0.3) is 11.4 Å². The van der Waals surface area contributed by atoms with Gasteiger partial charge in [0.25, 0.3) is 5.91 Å². The van der Waals surface area contributed by atoms with E-state index >= 15 is 0 Å². The molecule has 9 nitrogen and oxygen atoms in total. The number of anilines is 1. The van der Waals surface area contributed by atoms with Crippen molar-refractivity contribution < 1.29 is 23.0 Å². The minimum Gasteiger partial charge on any atom is -0.494 e. The molecule has 1 aliphatic heterocycles. The molecule has 3 atom stereocenters. The van der Waals surface area contributed by atoms with Crippen molar-refractivity contribution in [3.63, 3.8) is 0 Å². The van der Waals surface area contributed by atoms with Crippen LogP contribution in [0.15, 0.2) is 61.0 Å². The third kappa shape index (κ3) is 5.12. The van der Waals surface area contributed by atoms with Gasteiger partial charge in [-0.3, -0.25) is 4.79 Å². The highest BCUT2D eigenvalue weighted by atomic mass is 19.1. The van der Waals surface area contributed by atoms with E-state index < -0.39 is 23.4 Å². The maximum atomic E-state index is 14.4. The summed E-state index contributed by atoms with van der Waals surface area (Å²) in [5, 5.41) is 11.0. The smallest absolute Gasteiger partial charge is 0.259 e. The largest absolute Gasteiger partial charge is 0.494 e. The van der Waals surface area contributed by atoms with Crippen molar-refractivity contribution in [1.82, 2.24) is 25.0 Å². The Bertz CT molecular complexity index is 1340. The SMILES string of the molecule is COc1ccc(CC2(C(=O)n3nncc3-c3ccnc(N[C@@H]4CCOC[C@H]4F)n3)C=CC=CC2)cc1F. The Balaban J connectivity index is 1.44. The molecule has 1 fully saturated rings. The number of hydrogen-bond acceptors (Lipinski definition) is 8. The number of rotatable bonds is 7. The Morgan fingerprint density at radius 2 is 2.22 bits per heavy atom. The second kappa shape index (κ2) is 10.6. The van der Waals surface area contributed by atoms with E-state index in [-0.39, 0.29) is 30.6 Å². The number of nitrogens with zero attached hydrogens (tertiary/aromatic N) is 5. The van der Waals surface area contributed by atoms with E-state index in [4.69, 9.17) is 9.47 Å². The van der Waals surface area contributed by atoms with E-state index in [1.165, 1.54) is 30.3 Å². The molecule has 37 heavy (non-hydrogen) atoms. The quantitative estimate of drug-likeness (QED) is 0.514. The molecule has 11 heteroatoms. The number of alkyl halides is 1. The van der Waals surface area contributed by atoms with Gasteiger partial charge in [-0.2, -0.15) is 4.68 Å². The second-order valence-electron chi connectivity index (χ2n) is 9.03. The molecular formula is C26H26F2N6O3. The van der Waals surface area contributed by atoms with Gasteiger partial charge in [-0.05, 0) is 43.0 Å². The Labute approximate surface area is 212 Å². The Hall–Kier alpha value is -3.99. The van der Waals surface area contributed by atoms with Gasteiger partial charge in [-0.15, -0.1) is 5.10 Å². The number of halogens is 2. The number of ether oxygens (including phenoxy) is 2. The molecule has 0 spiro atoms. The average molecular weight is 509 g/mol. The molecule has 2 aromatic heterocycles. The van der Waals surface area contributed by atoms with Crippen LogP contribution in [0.1, 0.15) is 23.2 Å². The van der Waals surface area contributed by atoms with Crippen LogP contribution in [0.5, 0.6) is 5.75 Å². The first-order valence-electron chi connectivity index (χ1n) is 11.9. The van der Waals surface area contributed by atoms with Crippen molar-refractivity contribution in [3.8, 4) is 17.1 Å². The molecule has 0 bridgehead atoms. The molecule has 3 aromatic rings. The van der Waals surface area contributed by atoms with E-state index in [0.717, 1.165) is 0 Å². The van der Waals surface area contributed by atoms with E-state index in [2.05, 4.69) is 25.6 Å². The monoisotopic (exact) mass is 508 g/mol. The van der Waals surface area contributed by atoms with Gasteiger partial charge in [0.05, 0.1) is 37.1 Å². The molecule has 2 aliphatic rings. The van der Waals surface area contributed by atoms with Crippen molar-refractivity contribution in [3.05, 3.63) is 72.3 Å². The van der Waals surface area contributed by atoms with Crippen molar-refractivity contribution in [2.75, 3.05) is 25.6 Å². The van der Waals surface area contributed by atoms with Gasteiger partial charge < -0.3 is 14.8 Å². The minimum atomic E-state index is -1.18. The lowest BCUT2D eigenvalue weighted by molar-refractivity contribution is 0.0284. The molecule has 0 amide bonds. The fourth-order valence-electron chi connectivity index (χ4n) is 4.59. The Kier molecular flexibility index (Phi) is 7.04. The van der Waals surface area contributed by atoms with Gasteiger partial charge in [0.15, 0.2) is 11.6 Å². The van der Waals surface area contributed by atoms with Gasteiger partial charge in [0.2, 0.25) is 5.95 Å². The summed E-state index contributed by atoms with van der Waals surface area (Å²) in [6.45, 7) is 0.468. The maximum Gasteiger partial charge on any atom is 0.259 e. The zero-order valence-corrected chi connectivity index (χ0v) is 20.2. The Morgan fingerprint density at radius 1 is 1.32 bits per heavy atom. The van der Waals surface area contributed by atoms with E-state index in [1.807, 2.05) is 18.2 Å². The molecule has 5 rings (SSSR count). The number of carbonyl (C=O) groups is 1. The first kappa shape index (κ1) is 24.7. The van der Waals surface area contributed by atoms with Gasteiger partial charge in [-0.1, -0.05) is 35.6 Å². The predicted octanol–water partition coefficient (Wildman–Crippen LogP) is 3.81. The normalized spacial score (nSPS) is 23.1. The van der Waals surface area contributed by atoms with E-state index in [0.29, 0.717) is 36.4 Å². The number of hydrogen-bond donors (Lipinski definition) is 1. The summed E-state index contributed by atoms with van der Waals surface area (Å²) >= 11 is 0. The fraction of sp³-hybridized carbons (Fsp3) is 0.346. The lowest BCUT2D eigenvalue weighted by atomic mass is 9.75. The predicted molar refractivity (Wildman–Crippen MR) is 131 cm³/mol. The lowest BCUT2D eigenvalue weighted by Crippen LogP contribution is -2.39. The van der Waals surface area contributed by atoms with Gasteiger partial charge in [-0.25, -0.2) is 18.7 Å². The van der Waals surface area contributed by atoms with Crippen LogP contribution in [-0.4, -0.2) is 63.4 Å². The number of benzene rings is 1. The van der Waals surface area contributed by atoms with Gasteiger partial charge >= 0.3 is 0 Å². The van der Waals surface area contributed by atoms with Crippen LogP contribution < -0.4 is 10.1 Å². The van der Waals surface area contributed by atoms with Gasteiger partial charge in [0, 0.05) is 12.8 Å². The van der Waals surface area contributed by atoms with Crippen molar-refractivity contribution in [1.29, 1.82) is 0 Å². The number of aromatic nitrogens is 5. The van der Waals surface area contributed by atoms with Gasteiger partial charge in [0.1, 0.15) is 11.9 Å². The molecule has 0 saturated carbocycles. The summed E-state index contributed by atoms with van der Waals surface area (Å²) in [5.41, 5.74) is 0.386. The summed E-state index contributed by atoms with van der Waals surface area (Å²) in [6, 6.07) is 5.82. The second-order valence-corrected chi connectivity index (χ2v) is 9.03. The van der Waals surface area contributed by atoms with Crippen molar-refractivity contribution >= 4 is 11.9 Å². The summed E-state index contributed by atoms with van der Waals surface area (Å²) in [6.07, 6.45) is 10.3. The molecule has 1 unspecified atom stereocenters. The maximum absolute atomic E-state index is 14.4. The number of allylic oxidation sites excluding steroid dienone is 4. The number of nitrogens with one attached hydrogen (secondary N) is 1. The lowest BCUT2D eigenvalue weighted by Gasteiger charge is -2.30. The van der Waals surface area contributed by atoms with Crippen LogP contribution in [0, 0.1) is 11.2 Å². The van der Waals surface area contributed by atoms with Crippen LogP contribution in [0.3, 0.4) is 0 Å². The molecule has 0 radical (unpaired) electrons. The highest BCUT2D eigenvalue weighted by Crippen LogP contribution is 2.36. The molecule has 1 aromatic carbocycles. The fourth-order valence-corrected chi connectivity index (χ4v) is 4.59. The number of carbonyl (C=O) groups excluding carboxylic acids is 1. The third-order valence-electron chi connectivity index (χ3n) is 6.57. The molecule has 1 saturated heterocycles. The first-order chi connectivity index (χ1) is 18.0. The standard InChI is InChI=1S/C26H26F2N6O3/c1-36-23-6-5-17(13-18(23)27)14-26(9-3-2-4-10-26)24(35)34-22(15-30-33-34)21-7-11-29-25(32-21)31-20-8-12-37-16-19(20)28/h2-7,9,11,13,15,19-20H,8,10,12,14,16H2,1H3,(H,29,31,32)/t19-,20-,26?/m1/s1. The van der Waals surface area contributed by atoms with Crippen LogP contribution in [0.2, 0.25) is 0 Å². The van der Waals surface area contributed by atoms with Crippen molar-refractivity contribution in [2.24, 2.45) is 5.41 Å². The minimum absolute atomic E-state index is 0.0185. The molecular weight excluding hydrogens is 482 g/mol. The summed E-state index contributed by atoms with van der Waals surface area (Å²) in [5.74, 6) is -0.468. The summed E-state index contributed by atoms with van der Waals surface area (Å²) < 4.78 is 40.0. The number of methoxy groups -OCH3 is 1. The zero-order valence-electron chi connectivity index (χ0n) is 20.2. The highest BCUT2D eigenvalue weighted by Gasteiger charge is 2.39. The molecule has 1 aliphatic carbocycles. The summed E-state index contributed by atoms with van der Waals surface area (Å²) in [4.78, 5) is 22.7. The van der Waals surface area contributed by atoms with Crippen LogP contribution in [-0.2, 0) is 11.2 Å². The average Bonchev–Trinajstić information content (AvgIpc) is 3.40.